The molecule has 1 saturated heterocycles. The Morgan fingerprint density at radius 2 is 1.75 bits per heavy atom. The third kappa shape index (κ3) is 3.91. The van der Waals surface area contributed by atoms with Crippen LogP contribution in [0.3, 0.4) is 0 Å². The quantitative estimate of drug-likeness (QED) is 0.848. The van der Waals surface area contributed by atoms with Crippen LogP contribution in [0.25, 0.3) is 0 Å². The van der Waals surface area contributed by atoms with E-state index in [1.54, 1.807) is 12.4 Å². The molecule has 0 saturated carbocycles. The number of aromatic nitrogens is 2. The van der Waals surface area contributed by atoms with Gasteiger partial charge in [-0.15, -0.1) is 0 Å². The molecule has 0 bridgehead atoms. The standard InChI is InChI=1S/C19H24N4O/c1-2-22(15-16-9-5-3-6-10-16)19-20-13-17(14-21-19)18(24)23-11-7-4-8-12-23/h3,5-6,9-10,13-14H,2,4,7-8,11-12,15H2,1H3. The first kappa shape index (κ1) is 16.4. The summed E-state index contributed by atoms with van der Waals surface area (Å²) < 4.78 is 0. The van der Waals surface area contributed by atoms with Gasteiger partial charge in [-0.25, -0.2) is 9.97 Å². The fourth-order valence-corrected chi connectivity index (χ4v) is 3.00. The van der Waals surface area contributed by atoms with Gasteiger partial charge < -0.3 is 9.80 Å². The average Bonchev–Trinajstić information content (AvgIpc) is 2.67. The largest absolute Gasteiger partial charge is 0.339 e. The van der Waals surface area contributed by atoms with Crippen LogP contribution in [0.1, 0.15) is 42.1 Å². The van der Waals surface area contributed by atoms with Gasteiger partial charge in [0.1, 0.15) is 0 Å². The van der Waals surface area contributed by atoms with Gasteiger partial charge in [-0.1, -0.05) is 30.3 Å². The zero-order valence-electron chi connectivity index (χ0n) is 14.2. The van der Waals surface area contributed by atoms with Crippen LogP contribution in [-0.4, -0.2) is 40.4 Å². The van der Waals surface area contributed by atoms with Crippen molar-refractivity contribution in [1.29, 1.82) is 0 Å². The number of rotatable bonds is 5. The molecule has 1 aliphatic rings. The van der Waals surface area contributed by atoms with Gasteiger partial charge in [0, 0.05) is 38.6 Å². The number of likely N-dealkylation sites (tertiary alicyclic amines) is 1. The Kier molecular flexibility index (Phi) is 5.41. The van der Waals surface area contributed by atoms with Crippen molar-refractivity contribution in [2.24, 2.45) is 0 Å². The minimum absolute atomic E-state index is 0.0485. The molecule has 3 rings (SSSR count). The zero-order valence-corrected chi connectivity index (χ0v) is 14.2. The van der Waals surface area contributed by atoms with Crippen LogP contribution in [0, 0.1) is 0 Å². The second-order valence-electron chi connectivity index (χ2n) is 6.12. The molecular weight excluding hydrogens is 300 g/mol. The van der Waals surface area contributed by atoms with E-state index < -0.39 is 0 Å². The molecule has 126 valence electrons. The topological polar surface area (TPSA) is 49.3 Å². The number of anilines is 1. The summed E-state index contributed by atoms with van der Waals surface area (Å²) in [4.78, 5) is 25.3. The summed E-state index contributed by atoms with van der Waals surface area (Å²) in [5.41, 5.74) is 1.80. The lowest BCUT2D eigenvalue weighted by Gasteiger charge is -2.26. The molecule has 2 heterocycles. The summed E-state index contributed by atoms with van der Waals surface area (Å²) in [6.07, 6.45) is 6.71. The fraction of sp³-hybridized carbons (Fsp3) is 0.421. The number of amides is 1. The Hall–Kier alpha value is -2.43. The molecule has 1 aromatic heterocycles. The van der Waals surface area contributed by atoms with E-state index in [2.05, 4.69) is 33.9 Å². The van der Waals surface area contributed by atoms with Crippen molar-refractivity contribution in [3.05, 3.63) is 53.9 Å². The number of piperidine rings is 1. The molecule has 0 atom stereocenters. The van der Waals surface area contributed by atoms with E-state index in [-0.39, 0.29) is 5.91 Å². The van der Waals surface area contributed by atoms with Gasteiger partial charge in [0.25, 0.3) is 5.91 Å². The molecule has 1 aromatic carbocycles. The van der Waals surface area contributed by atoms with Crippen molar-refractivity contribution in [1.82, 2.24) is 14.9 Å². The summed E-state index contributed by atoms with van der Waals surface area (Å²) in [5, 5.41) is 0. The van der Waals surface area contributed by atoms with E-state index in [1.165, 1.54) is 12.0 Å². The highest BCUT2D eigenvalue weighted by molar-refractivity contribution is 5.93. The first-order valence-electron chi connectivity index (χ1n) is 8.68. The highest BCUT2D eigenvalue weighted by Gasteiger charge is 2.19. The molecule has 5 heteroatoms. The van der Waals surface area contributed by atoms with Gasteiger partial charge in [-0.2, -0.15) is 0 Å². The molecular formula is C19H24N4O. The van der Waals surface area contributed by atoms with Crippen molar-refractivity contribution in [2.45, 2.75) is 32.7 Å². The Labute approximate surface area is 143 Å². The molecule has 0 spiro atoms. The SMILES string of the molecule is CCN(Cc1ccccc1)c1ncc(C(=O)N2CCCCC2)cn1. The van der Waals surface area contributed by atoms with Gasteiger partial charge in [0.2, 0.25) is 5.95 Å². The van der Waals surface area contributed by atoms with Gasteiger partial charge in [0.05, 0.1) is 5.56 Å². The van der Waals surface area contributed by atoms with E-state index in [1.807, 2.05) is 23.1 Å². The second-order valence-corrected chi connectivity index (χ2v) is 6.12. The predicted molar refractivity (Wildman–Crippen MR) is 95.0 cm³/mol. The molecule has 0 unspecified atom stereocenters. The number of hydrogen-bond acceptors (Lipinski definition) is 4. The molecule has 5 nitrogen and oxygen atoms in total. The van der Waals surface area contributed by atoms with Gasteiger partial charge in [-0.3, -0.25) is 4.79 Å². The Bertz CT molecular complexity index is 651. The third-order valence-corrected chi connectivity index (χ3v) is 4.41. The number of carbonyl (C=O) groups is 1. The predicted octanol–water partition coefficient (Wildman–Crippen LogP) is 3.13. The van der Waals surface area contributed by atoms with E-state index in [0.29, 0.717) is 11.5 Å². The van der Waals surface area contributed by atoms with Crippen molar-refractivity contribution in [3.63, 3.8) is 0 Å². The summed E-state index contributed by atoms with van der Waals surface area (Å²) in [5.74, 6) is 0.712. The van der Waals surface area contributed by atoms with Crippen molar-refractivity contribution in [3.8, 4) is 0 Å². The first-order valence-corrected chi connectivity index (χ1v) is 8.68. The van der Waals surface area contributed by atoms with Crippen LogP contribution in [0.2, 0.25) is 0 Å². The highest BCUT2D eigenvalue weighted by Crippen LogP contribution is 2.15. The zero-order chi connectivity index (χ0) is 16.8. The van der Waals surface area contributed by atoms with Crippen molar-refractivity contribution >= 4 is 11.9 Å². The van der Waals surface area contributed by atoms with Crippen LogP contribution >= 0.6 is 0 Å². The summed E-state index contributed by atoms with van der Waals surface area (Å²) >= 11 is 0. The number of hydrogen-bond donors (Lipinski definition) is 0. The monoisotopic (exact) mass is 324 g/mol. The fourth-order valence-electron chi connectivity index (χ4n) is 3.00. The van der Waals surface area contributed by atoms with Crippen molar-refractivity contribution in [2.75, 3.05) is 24.5 Å². The number of benzene rings is 1. The van der Waals surface area contributed by atoms with Crippen molar-refractivity contribution < 1.29 is 4.79 Å². The van der Waals surface area contributed by atoms with Crippen LogP contribution < -0.4 is 4.90 Å². The maximum atomic E-state index is 12.5. The average molecular weight is 324 g/mol. The molecule has 1 aliphatic heterocycles. The lowest BCUT2D eigenvalue weighted by molar-refractivity contribution is 0.0723. The van der Waals surface area contributed by atoms with Crippen LogP contribution in [0.4, 0.5) is 5.95 Å². The Morgan fingerprint density at radius 3 is 2.38 bits per heavy atom. The third-order valence-electron chi connectivity index (χ3n) is 4.41. The molecule has 1 fully saturated rings. The smallest absolute Gasteiger partial charge is 0.256 e. The normalized spacial score (nSPS) is 14.5. The first-order chi connectivity index (χ1) is 11.8. The summed E-state index contributed by atoms with van der Waals surface area (Å²) in [7, 11) is 0. The van der Waals surface area contributed by atoms with Crippen LogP contribution in [-0.2, 0) is 6.54 Å². The summed E-state index contributed by atoms with van der Waals surface area (Å²) in [6.45, 7) is 5.34. The minimum Gasteiger partial charge on any atom is -0.339 e. The van der Waals surface area contributed by atoms with Crippen LogP contribution in [0.15, 0.2) is 42.7 Å². The number of nitrogens with zero attached hydrogens (tertiary/aromatic N) is 4. The maximum Gasteiger partial charge on any atom is 0.256 e. The Morgan fingerprint density at radius 1 is 1.08 bits per heavy atom. The number of carbonyl (C=O) groups excluding carboxylic acids is 1. The van der Waals surface area contributed by atoms with Crippen LogP contribution in [0.5, 0.6) is 0 Å². The highest BCUT2D eigenvalue weighted by atomic mass is 16.2. The molecule has 0 aliphatic carbocycles. The van der Waals surface area contributed by atoms with Gasteiger partial charge in [-0.05, 0) is 31.7 Å². The molecule has 1 amide bonds. The summed E-state index contributed by atoms with van der Waals surface area (Å²) in [6, 6.07) is 10.3. The molecule has 0 radical (unpaired) electrons. The maximum absolute atomic E-state index is 12.5. The lowest BCUT2D eigenvalue weighted by atomic mass is 10.1. The lowest BCUT2D eigenvalue weighted by Crippen LogP contribution is -2.35. The molecule has 2 aromatic rings. The Balaban J connectivity index is 1.69. The molecule has 0 N–H and O–H groups in total. The van der Waals surface area contributed by atoms with E-state index >= 15 is 0 Å². The second kappa shape index (κ2) is 7.90. The minimum atomic E-state index is 0.0485. The molecule has 24 heavy (non-hydrogen) atoms. The van der Waals surface area contributed by atoms with E-state index in [9.17, 15) is 4.79 Å². The van der Waals surface area contributed by atoms with E-state index in [4.69, 9.17) is 0 Å². The van der Waals surface area contributed by atoms with Gasteiger partial charge >= 0.3 is 0 Å². The van der Waals surface area contributed by atoms with E-state index in [0.717, 1.165) is 39.0 Å². The van der Waals surface area contributed by atoms with Gasteiger partial charge in [0.15, 0.2) is 0 Å².